The molecule has 3 nitrogen and oxygen atoms in total. The standard InChI is InChI=1S/C12H18ClNO2S/c1-14-12(6-7-17(2,15)16)9-10-4-3-5-11(13)8-10/h3-5,8,12,14H,6-7,9H2,1-2H3. The average molecular weight is 276 g/mol. The number of sulfone groups is 1. The summed E-state index contributed by atoms with van der Waals surface area (Å²) in [5, 5.41) is 3.84. The number of benzene rings is 1. The summed E-state index contributed by atoms with van der Waals surface area (Å²) < 4.78 is 22.2. The molecule has 17 heavy (non-hydrogen) atoms. The monoisotopic (exact) mass is 275 g/mol. The topological polar surface area (TPSA) is 46.2 Å². The van der Waals surface area contributed by atoms with Crippen LogP contribution in [0.1, 0.15) is 12.0 Å². The fourth-order valence-electron chi connectivity index (χ4n) is 1.65. The average Bonchev–Trinajstić information content (AvgIpc) is 2.23. The van der Waals surface area contributed by atoms with E-state index in [9.17, 15) is 8.42 Å². The van der Waals surface area contributed by atoms with Crippen LogP contribution in [-0.2, 0) is 16.3 Å². The van der Waals surface area contributed by atoms with Gasteiger partial charge in [-0.2, -0.15) is 0 Å². The SMILES string of the molecule is CNC(CCS(C)(=O)=O)Cc1cccc(Cl)c1. The molecule has 1 unspecified atom stereocenters. The zero-order chi connectivity index (χ0) is 12.9. The molecule has 0 saturated carbocycles. The molecule has 0 aliphatic heterocycles. The summed E-state index contributed by atoms with van der Waals surface area (Å²) in [6, 6.07) is 7.79. The third-order valence-electron chi connectivity index (χ3n) is 2.62. The first-order valence-corrected chi connectivity index (χ1v) is 7.94. The minimum Gasteiger partial charge on any atom is -0.317 e. The van der Waals surface area contributed by atoms with Gasteiger partial charge in [0.2, 0.25) is 0 Å². The van der Waals surface area contributed by atoms with E-state index in [4.69, 9.17) is 11.6 Å². The summed E-state index contributed by atoms with van der Waals surface area (Å²) in [4.78, 5) is 0. The molecule has 1 aromatic carbocycles. The Balaban J connectivity index is 2.58. The van der Waals surface area contributed by atoms with Crippen molar-refractivity contribution in [2.75, 3.05) is 19.1 Å². The largest absolute Gasteiger partial charge is 0.317 e. The number of rotatable bonds is 6. The van der Waals surface area contributed by atoms with E-state index in [0.29, 0.717) is 11.4 Å². The van der Waals surface area contributed by atoms with Gasteiger partial charge in [0, 0.05) is 17.3 Å². The van der Waals surface area contributed by atoms with Crippen molar-refractivity contribution < 1.29 is 8.42 Å². The van der Waals surface area contributed by atoms with Crippen LogP contribution in [0.15, 0.2) is 24.3 Å². The molecule has 0 bridgehead atoms. The maximum atomic E-state index is 11.1. The molecule has 0 aliphatic carbocycles. The molecule has 1 atom stereocenters. The molecular formula is C12H18ClNO2S. The number of hydrogen-bond donors (Lipinski definition) is 1. The Labute approximate surface area is 108 Å². The molecule has 0 fully saturated rings. The van der Waals surface area contributed by atoms with Crippen molar-refractivity contribution >= 4 is 21.4 Å². The van der Waals surface area contributed by atoms with Gasteiger partial charge in [-0.3, -0.25) is 0 Å². The minimum atomic E-state index is -2.90. The van der Waals surface area contributed by atoms with Gasteiger partial charge in [0.25, 0.3) is 0 Å². The van der Waals surface area contributed by atoms with Crippen LogP contribution in [0, 0.1) is 0 Å². The van der Waals surface area contributed by atoms with Crippen molar-refractivity contribution in [3.05, 3.63) is 34.9 Å². The van der Waals surface area contributed by atoms with E-state index in [-0.39, 0.29) is 11.8 Å². The number of nitrogens with one attached hydrogen (secondary N) is 1. The molecule has 5 heteroatoms. The molecule has 0 spiro atoms. The van der Waals surface area contributed by atoms with E-state index in [0.717, 1.165) is 12.0 Å². The van der Waals surface area contributed by atoms with Gasteiger partial charge in [0.15, 0.2) is 0 Å². The highest BCUT2D eigenvalue weighted by atomic mass is 35.5. The number of hydrogen-bond acceptors (Lipinski definition) is 3. The van der Waals surface area contributed by atoms with Crippen molar-refractivity contribution in [1.82, 2.24) is 5.32 Å². The van der Waals surface area contributed by atoms with Crippen LogP contribution in [0.3, 0.4) is 0 Å². The highest BCUT2D eigenvalue weighted by molar-refractivity contribution is 7.90. The van der Waals surface area contributed by atoms with E-state index in [1.54, 1.807) is 0 Å². The second-order valence-electron chi connectivity index (χ2n) is 4.24. The van der Waals surface area contributed by atoms with Crippen LogP contribution in [-0.4, -0.2) is 33.5 Å². The Morgan fingerprint density at radius 2 is 2.12 bits per heavy atom. The number of halogens is 1. The molecule has 1 rings (SSSR count). The quantitative estimate of drug-likeness (QED) is 0.863. The summed E-state index contributed by atoms with van der Waals surface area (Å²) in [5.74, 6) is 0.207. The van der Waals surface area contributed by atoms with E-state index in [1.165, 1.54) is 6.26 Å². The Morgan fingerprint density at radius 1 is 1.41 bits per heavy atom. The maximum absolute atomic E-state index is 11.1. The van der Waals surface area contributed by atoms with Crippen LogP contribution in [0.25, 0.3) is 0 Å². The minimum absolute atomic E-state index is 0.156. The highest BCUT2D eigenvalue weighted by Crippen LogP contribution is 2.13. The lowest BCUT2D eigenvalue weighted by Crippen LogP contribution is -2.29. The third kappa shape index (κ3) is 6.05. The molecule has 0 saturated heterocycles. The van der Waals surface area contributed by atoms with Crippen LogP contribution < -0.4 is 5.32 Å². The van der Waals surface area contributed by atoms with Crippen LogP contribution in [0.2, 0.25) is 5.02 Å². The molecule has 0 heterocycles. The third-order valence-corrected chi connectivity index (χ3v) is 3.83. The second kappa shape index (κ2) is 6.38. The van der Waals surface area contributed by atoms with Crippen molar-refractivity contribution in [3.63, 3.8) is 0 Å². The summed E-state index contributed by atoms with van der Waals surface area (Å²) in [6.45, 7) is 0. The zero-order valence-electron chi connectivity index (χ0n) is 10.1. The van der Waals surface area contributed by atoms with E-state index in [2.05, 4.69) is 5.32 Å². The smallest absolute Gasteiger partial charge is 0.147 e. The molecule has 1 N–H and O–H groups in total. The van der Waals surface area contributed by atoms with Gasteiger partial charge in [0.05, 0.1) is 5.75 Å². The first-order chi connectivity index (χ1) is 7.90. The van der Waals surface area contributed by atoms with E-state index >= 15 is 0 Å². The molecule has 0 amide bonds. The van der Waals surface area contributed by atoms with Crippen LogP contribution in [0.5, 0.6) is 0 Å². The van der Waals surface area contributed by atoms with E-state index in [1.807, 2.05) is 31.3 Å². The summed E-state index contributed by atoms with van der Waals surface area (Å²) in [7, 11) is -1.05. The molecular weight excluding hydrogens is 258 g/mol. The molecule has 96 valence electrons. The molecule has 1 aromatic rings. The van der Waals surface area contributed by atoms with Gasteiger partial charge in [-0.25, -0.2) is 8.42 Å². The van der Waals surface area contributed by atoms with Gasteiger partial charge < -0.3 is 5.32 Å². The van der Waals surface area contributed by atoms with Crippen molar-refractivity contribution in [3.8, 4) is 0 Å². The lowest BCUT2D eigenvalue weighted by atomic mass is 10.0. The predicted molar refractivity (Wildman–Crippen MR) is 72.3 cm³/mol. The summed E-state index contributed by atoms with van der Waals surface area (Å²) in [5.41, 5.74) is 1.12. The fourth-order valence-corrected chi connectivity index (χ4v) is 2.58. The first kappa shape index (κ1) is 14.5. The van der Waals surface area contributed by atoms with Gasteiger partial charge in [0.1, 0.15) is 9.84 Å². The fraction of sp³-hybridized carbons (Fsp3) is 0.500. The van der Waals surface area contributed by atoms with Crippen LogP contribution in [0.4, 0.5) is 0 Å². The first-order valence-electron chi connectivity index (χ1n) is 5.50. The van der Waals surface area contributed by atoms with Crippen molar-refractivity contribution in [2.45, 2.75) is 18.9 Å². The number of likely N-dealkylation sites (N-methyl/N-ethyl adjacent to an activating group) is 1. The Bertz CT molecular complexity index is 459. The van der Waals surface area contributed by atoms with Gasteiger partial charge >= 0.3 is 0 Å². The summed E-state index contributed by atoms with van der Waals surface area (Å²) in [6.07, 6.45) is 2.66. The predicted octanol–water partition coefficient (Wildman–Crippen LogP) is 1.91. The second-order valence-corrected chi connectivity index (χ2v) is 6.93. The lowest BCUT2D eigenvalue weighted by molar-refractivity contribution is 0.534. The van der Waals surface area contributed by atoms with Gasteiger partial charge in [-0.1, -0.05) is 23.7 Å². The maximum Gasteiger partial charge on any atom is 0.147 e. The van der Waals surface area contributed by atoms with Gasteiger partial charge in [-0.15, -0.1) is 0 Å². The Kier molecular flexibility index (Phi) is 5.43. The Hall–Kier alpha value is -0.580. The van der Waals surface area contributed by atoms with Crippen molar-refractivity contribution in [1.29, 1.82) is 0 Å². The van der Waals surface area contributed by atoms with E-state index < -0.39 is 9.84 Å². The zero-order valence-corrected chi connectivity index (χ0v) is 11.7. The summed E-state index contributed by atoms with van der Waals surface area (Å²) >= 11 is 5.90. The Morgan fingerprint density at radius 3 is 2.65 bits per heavy atom. The van der Waals surface area contributed by atoms with Gasteiger partial charge in [-0.05, 0) is 37.6 Å². The van der Waals surface area contributed by atoms with Crippen LogP contribution >= 0.6 is 11.6 Å². The molecule has 0 radical (unpaired) electrons. The lowest BCUT2D eigenvalue weighted by Gasteiger charge is -2.15. The normalized spacial score (nSPS) is 13.6. The van der Waals surface area contributed by atoms with Crippen molar-refractivity contribution in [2.24, 2.45) is 0 Å². The highest BCUT2D eigenvalue weighted by Gasteiger charge is 2.11. The molecule has 0 aromatic heterocycles. The molecule has 0 aliphatic rings.